The Morgan fingerprint density at radius 1 is 1.07 bits per heavy atom. The van der Waals surface area contributed by atoms with Crippen LogP contribution in [0, 0.1) is 11.6 Å². The Morgan fingerprint density at radius 2 is 1.79 bits per heavy atom. The number of carbonyl (C=O) groups excluding carboxylic acids is 3. The number of H-pyrrole nitrogens is 1. The lowest BCUT2D eigenvalue weighted by Crippen LogP contribution is -2.38. The molecular formula is C20H16F2N4O3. The molecule has 0 radical (unpaired) electrons. The Morgan fingerprint density at radius 3 is 2.55 bits per heavy atom. The van der Waals surface area contributed by atoms with Crippen molar-refractivity contribution in [2.75, 3.05) is 11.9 Å². The first-order valence-electron chi connectivity index (χ1n) is 8.85. The van der Waals surface area contributed by atoms with E-state index < -0.39 is 47.8 Å². The lowest BCUT2D eigenvalue weighted by molar-refractivity contribution is -0.130. The molecule has 1 aromatic heterocycles. The number of hydrogen-bond donors (Lipinski definition) is 3. The minimum absolute atomic E-state index is 0.245. The molecule has 1 fully saturated rings. The van der Waals surface area contributed by atoms with Crippen molar-refractivity contribution in [3.8, 4) is 0 Å². The van der Waals surface area contributed by atoms with Crippen LogP contribution in [0.2, 0.25) is 0 Å². The second-order valence-electron chi connectivity index (χ2n) is 6.63. The summed E-state index contributed by atoms with van der Waals surface area (Å²) in [5.41, 5.74) is 1.13. The Balaban J connectivity index is 1.45. The van der Waals surface area contributed by atoms with E-state index in [2.05, 4.69) is 15.6 Å². The largest absolute Gasteiger partial charge is 0.361 e. The molecule has 4 amide bonds. The number of amides is 4. The number of fused-ring (bicyclic) bond motifs is 1. The average Bonchev–Trinajstić information content (AvgIpc) is 3.21. The van der Waals surface area contributed by atoms with Crippen LogP contribution in [0.25, 0.3) is 10.9 Å². The number of anilines is 1. The molecule has 0 saturated carbocycles. The van der Waals surface area contributed by atoms with Crippen LogP contribution in [-0.4, -0.2) is 40.3 Å². The van der Waals surface area contributed by atoms with Crippen molar-refractivity contribution in [3.05, 3.63) is 65.9 Å². The Hall–Kier alpha value is -3.75. The molecule has 1 aliphatic rings. The van der Waals surface area contributed by atoms with E-state index >= 15 is 0 Å². The number of rotatable bonds is 5. The molecule has 1 atom stereocenters. The minimum Gasteiger partial charge on any atom is -0.361 e. The third-order valence-corrected chi connectivity index (χ3v) is 4.73. The molecule has 3 aromatic rings. The number of aromatic amines is 1. The van der Waals surface area contributed by atoms with Gasteiger partial charge in [0.15, 0.2) is 0 Å². The van der Waals surface area contributed by atoms with Crippen molar-refractivity contribution in [2.45, 2.75) is 12.5 Å². The van der Waals surface area contributed by atoms with Gasteiger partial charge in [0.2, 0.25) is 5.91 Å². The molecule has 148 valence electrons. The highest BCUT2D eigenvalue weighted by Gasteiger charge is 2.39. The van der Waals surface area contributed by atoms with Gasteiger partial charge in [0, 0.05) is 23.5 Å². The first-order valence-corrected chi connectivity index (χ1v) is 8.85. The van der Waals surface area contributed by atoms with E-state index in [1.807, 2.05) is 24.3 Å². The maximum absolute atomic E-state index is 13.7. The van der Waals surface area contributed by atoms with Crippen LogP contribution in [0.4, 0.5) is 19.3 Å². The highest BCUT2D eigenvalue weighted by Crippen LogP contribution is 2.22. The van der Waals surface area contributed by atoms with Gasteiger partial charge in [0.05, 0.1) is 0 Å². The normalized spacial score (nSPS) is 16.3. The molecule has 2 heterocycles. The fourth-order valence-electron chi connectivity index (χ4n) is 3.33. The highest BCUT2D eigenvalue weighted by molar-refractivity contribution is 6.08. The van der Waals surface area contributed by atoms with Gasteiger partial charge in [0.25, 0.3) is 5.91 Å². The summed E-state index contributed by atoms with van der Waals surface area (Å²) in [6, 6.07) is 9.11. The van der Waals surface area contributed by atoms with E-state index in [0.29, 0.717) is 0 Å². The summed E-state index contributed by atoms with van der Waals surface area (Å²) in [5.74, 6) is -3.37. The summed E-state index contributed by atoms with van der Waals surface area (Å²) in [7, 11) is 0. The third kappa shape index (κ3) is 3.54. The Kier molecular flexibility index (Phi) is 4.71. The molecule has 7 nitrogen and oxygen atoms in total. The molecule has 9 heteroatoms. The lowest BCUT2D eigenvalue weighted by atomic mass is 10.1. The van der Waals surface area contributed by atoms with Crippen molar-refractivity contribution in [2.24, 2.45) is 0 Å². The molecule has 3 N–H and O–H groups in total. The molecule has 1 saturated heterocycles. The molecule has 29 heavy (non-hydrogen) atoms. The van der Waals surface area contributed by atoms with Crippen LogP contribution in [0.3, 0.4) is 0 Å². The molecular weight excluding hydrogens is 382 g/mol. The van der Waals surface area contributed by atoms with Gasteiger partial charge >= 0.3 is 6.03 Å². The van der Waals surface area contributed by atoms with Crippen molar-refractivity contribution >= 4 is 34.4 Å². The fraction of sp³-hybridized carbons (Fsp3) is 0.150. The number of urea groups is 1. The summed E-state index contributed by atoms with van der Waals surface area (Å²) >= 11 is 0. The molecule has 0 spiro atoms. The summed E-state index contributed by atoms with van der Waals surface area (Å²) in [6.45, 7) is -0.650. The molecule has 0 bridgehead atoms. The summed E-state index contributed by atoms with van der Waals surface area (Å²) in [5, 5.41) is 5.54. The van der Waals surface area contributed by atoms with Gasteiger partial charge in [-0.1, -0.05) is 24.3 Å². The summed E-state index contributed by atoms with van der Waals surface area (Å²) < 4.78 is 27.3. The minimum atomic E-state index is -0.951. The van der Waals surface area contributed by atoms with Gasteiger partial charge in [-0.05, 0) is 23.8 Å². The molecule has 4 rings (SSSR count). The van der Waals surface area contributed by atoms with Crippen LogP contribution < -0.4 is 10.6 Å². The highest BCUT2D eigenvalue weighted by atomic mass is 19.1. The van der Waals surface area contributed by atoms with Gasteiger partial charge in [-0.2, -0.15) is 0 Å². The number of halogens is 2. The predicted octanol–water partition coefficient (Wildman–Crippen LogP) is 2.55. The number of carbonyl (C=O) groups is 3. The van der Waals surface area contributed by atoms with Crippen LogP contribution in [-0.2, 0) is 16.0 Å². The molecule has 1 unspecified atom stereocenters. The van der Waals surface area contributed by atoms with Gasteiger partial charge in [-0.3, -0.25) is 14.5 Å². The monoisotopic (exact) mass is 398 g/mol. The second kappa shape index (κ2) is 7.34. The van der Waals surface area contributed by atoms with Gasteiger partial charge in [0.1, 0.15) is 29.9 Å². The van der Waals surface area contributed by atoms with Gasteiger partial charge in [-0.15, -0.1) is 0 Å². The zero-order chi connectivity index (χ0) is 20.5. The number of benzene rings is 2. The molecule has 0 aliphatic carbocycles. The Bertz CT molecular complexity index is 1110. The quantitative estimate of drug-likeness (QED) is 0.577. The standard InChI is InChI=1S/C20H16F2N4O3/c21-13-5-3-6-14(22)18(13)25-17(27)10-26-19(28)16(24-20(26)29)8-11-9-23-15-7-2-1-4-12(11)15/h1-7,9,16,23H,8,10H2,(H,24,29)(H,25,27). The Labute approximate surface area is 163 Å². The smallest absolute Gasteiger partial charge is 0.325 e. The van der Waals surface area contributed by atoms with Crippen molar-refractivity contribution in [1.82, 2.24) is 15.2 Å². The van der Waals surface area contributed by atoms with Crippen molar-refractivity contribution in [1.29, 1.82) is 0 Å². The number of nitrogens with one attached hydrogen (secondary N) is 3. The summed E-state index contributed by atoms with van der Waals surface area (Å²) in [4.78, 5) is 40.7. The van der Waals surface area contributed by atoms with E-state index in [1.54, 1.807) is 6.20 Å². The number of para-hydroxylation sites is 2. The molecule has 1 aliphatic heterocycles. The zero-order valence-electron chi connectivity index (χ0n) is 15.0. The van der Waals surface area contributed by atoms with Gasteiger partial charge < -0.3 is 15.6 Å². The number of aromatic nitrogens is 1. The van der Waals surface area contributed by atoms with E-state index in [9.17, 15) is 23.2 Å². The van der Waals surface area contributed by atoms with Crippen molar-refractivity contribution in [3.63, 3.8) is 0 Å². The topological polar surface area (TPSA) is 94.3 Å². The van der Waals surface area contributed by atoms with E-state index in [1.165, 1.54) is 0 Å². The van der Waals surface area contributed by atoms with Gasteiger partial charge in [-0.25, -0.2) is 13.6 Å². The van der Waals surface area contributed by atoms with Crippen molar-refractivity contribution < 1.29 is 23.2 Å². The first kappa shape index (κ1) is 18.6. The maximum atomic E-state index is 13.7. The lowest BCUT2D eigenvalue weighted by Gasteiger charge is -2.13. The van der Waals surface area contributed by atoms with Crippen LogP contribution >= 0.6 is 0 Å². The van der Waals surface area contributed by atoms with Crippen LogP contribution in [0.1, 0.15) is 5.56 Å². The maximum Gasteiger partial charge on any atom is 0.325 e. The van der Waals surface area contributed by atoms with Crippen LogP contribution in [0.5, 0.6) is 0 Å². The second-order valence-corrected chi connectivity index (χ2v) is 6.63. The third-order valence-electron chi connectivity index (χ3n) is 4.73. The summed E-state index contributed by atoms with van der Waals surface area (Å²) in [6.07, 6.45) is 2.01. The fourth-order valence-corrected chi connectivity index (χ4v) is 3.33. The van der Waals surface area contributed by atoms with Crippen LogP contribution in [0.15, 0.2) is 48.7 Å². The van der Waals surface area contributed by atoms with E-state index in [4.69, 9.17) is 0 Å². The molecule has 2 aromatic carbocycles. The average molecular weight is 398 g/mol. The van der Waals surface area contributed by atoms with E-state index in [0.717, 1.165) is 39.6 Å². The SMILES string of the molecule is O=C(CN1C(=O)NC(Cc2c[nH]c3ccccc23)C1=O)Nc1c(F)cccc1F. The number of hydrogen-bond acceptors (Lipinski definition) is 3. The van der Waals surface area contributed by atoms with E-state index in [-0.39, 0.29) is 6.42 Å². The predicted molar refractivity (Wildman–Crippen MR) is 101 cm³/mol. The first-order chi connectivity index (χ1) is 13.9. The number of imide groups is 1. The zero-order valence-corrected chi connectivity index (χ0v) is 15.0. The number of nitrogens with zero attached hydrogens (tertiary/aromatic N) is 1.